The van der Waals surface area contributed by atoms with Crippen LogP contribution in [0.4, 0.5) is 49.7 Å². The highest BCUT2D eigenvalue weighted by Crippen LogP contribution is 2.68. The van der Waals surface area contributed by atoms with Gasteiger partial charge in [0.25, 0.3) is 5.92 Å². The molecule has 0 bridgehead atoms. The number of alkyl halides is 8. The van der Waals surface area contributed by atoms with Gasteiger partial charge in [0, 0.05) is 34.9 Å². The van der Waals surface area contributed by atoms with Crippen LogP contribution in [0.15, 0.2) is 42.5 Å². The van der Waals surface area contributed by atoms with Gasteiger partial charge < -0.3 is 5.32 Å². The maximum absolute atomic E-state index is 15.5. The maximum atomic E-state index is 15.5. The first kappa shape index (κ1) is 50.4. The number of anilines is 1. The quantitative estimate of drug-likeness (QED) is 0.101. The summed E-state index contributed by atoms with van der Waals surface area (Å²) in [6.07, 6.45) is -9.67. The Labute approximate surface area is 385 Å². The van der Waals surface area contributed by atoms with Crippen LogP contribution in [0, 0.1) is 29.4 Å². The third kappa shape index (κ3) is 9.73. The Hall–Kier alpha value is -5.46. The summed E-state index contributed by atoms with van der Waals surface area (Å²) >= 11 is 6.49. The third-order valence-corrected chi connectivity index (χ3v) is 16.5. The predicted molar refractivity (Wildman–Crippen MR) is 225 cm³/mol. The van der Waals surface area contributed by atoms with Crippen LogP contribution in [0.5, 0.6) is 0 Å². The van der Waals surface area contributed by atoms with Crippen LogP contribution in [0.1, 0.15) is 66.1 Å². The minimum Gasteiger partial charge on any atom is -0.346 e. The number of nitrogens with one attached hydrogen (secondary N) is 1. The Balaban J connectivity index is 1.50. The molecule has 0 spiro atoms. The second-order valence-electron chi connectivity index (χ2n) is 16.7. The lowest BCUT2D eigenvalue weighted by Crippen LogP contribution is -2.36. The Kier molecular flexibility index (Phi) is 12.3. The first-order valence-corrected chi connectivity index (χ1v) is 25.5. The molecule has 1 saturated carbocycles. The molecule has 1 amide bonds. The molecule has 366 valence electrons. The number of halogens is 11. The average molecular weight is 1050 g/mol. The number of nitrogens with zero attached hydrogens (tertiary/aromatic N) is 6. The number of fused-ring (bicyclic) bond motifs is 4. The van der Waals surface area contributed by atoms with Crippen molar-refractivity contribution in [2.45, 2.75) is 74.8 Å². The predicted octanol–water partition coefficient (Wildman–Crippen LogP) is 7.02. The lowest BCUT2D eigenvalue weighted by molar-refractivity contribution is -0.142. The highest BCUT2D eigenvalue weighted by atomic mass is 35.5. The highest BCUT2D eigenvalue weighted by Gasteiger charge is 2.68. The number of carbonyl (C=O) groups excluding carboxylic acids is 1. The van der Waals surface area contributed by atoms with E-state index in [9.17, 15) is 65.2 Å². The third-order valence-electron chi connectivity index (χ3n) is 11.1. The molecule has 2 aliphatic carbocycles. The molecule has 3 heterocycles. The van der Waals surface area contributed by atoms with E-state index in [1.807, 2.05) is 0 Å². The van der Waals surface area contributed by atoms with Crippen molar-refractivity contribution in [2.24, 2.45) is 5.92 Å². The number of pyridine rings is 1. The fourth-order valence-corrected chi connectivity index (χ4v) is 11.3. The Bertz CT molecular complexity index is 3290. The van der Waals surface area contributed by atoms with E-state index >= 15 is 8.78 Å². The van der Waals surface area contributed by atoms with E-state index in [0.717, 1.165) is 42.7 Å². The summed E-state index contributed by atoms with van der Waals surface area (Å²) in [6, 6.07) is 4.55. The summed E-state index contributed by atoms with van der Waals surface area (Å²) in [5.74, 6) is -6.26. The molecule has 7 rings (SSSR count). The molecule has 5 aromatic rings. The molecule has 0 saturated heterocycles. The molecule has 3 atom stereocenters. The first-order valence-electron chi connectivity index (χ1n) is 19.5. The SMILES string of the molecule is CC(C)(C#Cc1ccc(-c2ccc(Cl)c3c(N(S(C)(=O)=O)S(C)(=O)=O)nn(CC(F)(F)F)c23)c([C@H](Cc2cc(F)cc(F)c2)NC(=O)Cn2nc(C(F)(F)F)c3c2C(F)(F)[C@@H]2C[C@H]32)n1)S(C)(=O)=O. The van der Waals surface area contributed by atoms with Crippen LogP contribution in [-0.2, 0) is 66.3 Å². The van der Waals surface area contributed by atoms with Gasteiger partial charge in [-0.25, -0.2) is 39.0 Å². The van der Waals surface area contributed by atoms with Crippen molar-refractivity contribution in [3.05, 3.63) is 93.0 Å². The van der Waals surface area contributed by atoms with Crippen molar-refractivity contribution >= 4 is 64.1 Å². The molecule has 0 radical (unpaired) electrons. The minimum atomic E-state index is -5.22. The van der Waals surface area contributed by atoms with Gasteiger partial charge in [0.1, 0.15) is 40.9 Å². The Morgan fingerprint density at radius 3 is 2.07 bits per heavy atom. The lowest BCUT2D eigenvalue weighted by Gasteiger charge is -2.23. The number of sulfonamides is 2. The first-order chi connectivity index (χ1) is 31.0. The Morgan fingerprint density at radius 2 is 1.51 bits per heavy atom. The molecule has 3 aromatic heterocycles. The number of hydrogen-bond acceptors (Lipinski definition) is 10. The summed E-state index contributed by atoms with van der Waals surface area (Å²) < 4.78 is 221. The summed E-state index contributed by atoms with van der Waals surface area (Å²) in [7, 11) is -13.7. The van der Waals surface area contributed by atoms with Crippen molar-refractivity contribution in [3.8, 4) is 23.0 Å². The van der Waals surface area contributed by atoms with Crippen molar-refractivity contribution in [1.29, 1.82) is 0 Å². The topological polar surface area (TPSA) is 183 Å². The number of aromatic nitrogens is 5. The van der Waals surface area contributed by atoms with Crippen molar-refractivity contribution in [2.75, 3.05) is 22.5 Å². The summed E-state index contributed by atoms with van der Waals surface area (Å²) in [5.41, 5.74) is -6.11. The van der Waals surface area contributed by atoms with E-state index in [1.165, 1.54) is 13.8 Å². The summed E-state index contributed by atoms with van der Waals surface area (Å²) in [4.78, 5) is 18.5. The van der Waals surface area contributed by atoms with Crippen molar-refractivity contribution in [1.82, 2.24) is 29.9 Å². The van der Waals surface area contributed by atoms with Gasteiger partial charge in [-0.3, -0.25) is 14.2 Å². The lowest BCUT2D eigenvalue weighted by atomic mass is 9.93. The molecule has 1 N–H and O–H groups in total. The fourth-order valence-electron chi connectivity index (χ4n) is 7.95. The molecular formula is C40H34ClF10N7O7S3. The van der Waals surface area contributed by atoms with Crippen LogP contribution in [-0.4, -0.2) is 85.4 Å². The van der Waals surface area contributed by atoms with E-state index in [4.69, 9.17) is 11.6 Å². The second-order valence-corrected chi connectivity index (χ2v) is 23.6. The monoisotopic (exact) mass is 1050 g/mol. The number of hydrogen-bond donors (Lipinski definition) is 1. The second kappa shape index (κ2) is 16.6. The smallest absolute Gasteiger partial charge is 0.346 e. The van der Waals surface area contributed by atoms with Gasteiger partial charge in [-0.2, -0.15) is 45.3 Å². The van der Waals surface area contributed by atoms with Crippen LogP contribution in [0.25, 0.3) is 22.0 Å². The minimum absolute atomic E-state index is 0.178. The standard InChI is InChI=1S/C40H34ClF10N7O7S3/c1-37(2,66(3,60)61)11-10-22-6-7-23(24-8-9-27(41)31-33(24)57(18-38(44,45)46)55-36(31)58(67(4,62)63)68(5,64)65)32(52-22)28(14-19-12-20(42)15-21(43)13-19)53-29(59)17-56-35-30(34(54-56)40(49,50)51)25-16-26(25)39(35,47)48/h6-9,12-13,15,25-26,28H,14,16-18H2,1-5H3,(H,53,59)/t25-,26+,28-/m0/s1. The van der Waals surface area contributed by atoms with E-state index < -0.39 is 158 Å². The molecule has 28 heteroatoms. The van der Waals surface area contributed by atoms with Crippen LogP contribution < -0.4 is 9.03 Å². The number of rotatable bonds is 12. The van der Waals surface area contributed by atoms with Gasteiger partial charge in [-0.05, 0) is 74.4 Å². The van der Waals surface area contributed by atoms with E-state index in [1.54, 1.807) is 0 Å². The zero-order chi connectivity index (χ0) is 50.6. The normalized spacial score (nSPS) is 17.6. The van der Waals surface area contributed by atoms with E-state index in [2.05, 4.69) is 32.3 Å². The van der Waals surface area contributed by atoms with Gasteiger partial charge in [0.05, 0.1) is 40.2 Å². The van der Waals surface area contributed by atoms with Gasteiger partial charge in [-0.15, -0.1) is 3.71 Å². The molecule has 0 aliphatic heterocycles. The molecule has 2 aromatic carbocycles. The van der Waals surface area contributed by atoms with Gasteiger partial charge in [-0.1, -0.05) is 23.6 Å². The molecule has 14 nitrogen and oxygen atoms in total. The van der Waals surface area contributed by atoms with Crippen molar-refractivity contribution in [3.63, 3.8) is 0 Å². The van der Waals surface area contributed by atoms with Crippen LogP contribution >= 0.6 is 11.6 Å². The maximum Gasteiger partial charge on any atom is 0.435 e. The number of sulfone groups is 1. The van der Waals surface area contributed by atoms with E-state index in [0.29, 0.717) is 18.6 Å². The van der Waals surface area contributed by atoms with Gasteiger partial charge in [0.2, 0.25) is 26.0 Å². The fraction of sp³-hybridized carbons (Fsp3) is 0.400. The van der Waals surface area contributed by atoms with Crippen LogP contribution in [0.3, 0.4) is 0 Å². The molecule has 68 heavy (non-hydrogen) atoms. The summed E-state index contributed by atoms with van der Waals surface area (Å²) in [5, 5.41) is 8.27. The molecular weight excluding hydrogens is 1010 g/mol. The summed E-state index contributed by atoms with van der Waals surface area (Å²) in [6.45, 7) is -0.877. The molecule has 1 fully saturated rings. The average Bonchev–Trinajstić information content (AvgIpc) is 3.68. The van der Waals surface area contributed by atoms with E-state index in [-0.39, 0.29) is 36.3 Å². The van der Waals surface area contributed by atoms with Crippen LogP contribution in [0.2, 0.25) is 5.02 Å². The van der Waals surface area contributed by atoms with Crippen molar-refractivity contribution < 1.29 is 74.0 Å². The number of amides is 1. The van der Waals surface area contributed by atoms with Gasteiger partial charge >= 0.3 is 12.4 Å². The Morgan fingerprint density at radius 1 is 0.912 bits per heavy atom. The largest absolute Gasteiger partial charge is 0.435 e. The zero-order valence-electron chi connectivity index (χ0n) is 35.5. The van der Waals surface area contributed by atoms with Gasteiger partial charge in [0.15, 0.2) is 21.3 Å². The number of benzene rings is 2. The molecule has 0 unspecified atom stereocenters. The number of carbonyl (C=O) groups is 1. The molecule has 2 aliphatic rings. The highest BCUT2D eigenvalue weighted by molar-refractivity contribution is 8.09. The zero-order valence-corrected chi connectivity index (χ0v) is 38.7.